The maximum Gasteiger partial charge on any atom is 0.223 e. The number of rotatable bonds is 5. The van der Waals surface area contributed by atoms with E-state index in [1.165, 1.54) is 30.4 Å². The third-order valence-electron chi connectivity index (χ3n) is 6.22. The topological polar surface area (TPSA) is 61.4 Å². The fourth-order valence-electron chi connectivity index (χ4n) is 4.28. The van der Waals surface area contributed by atoms with Gasteiger partial charge in [-0.3, -0.25) is 4.79 Å². The summed E-state index contributed by atoms with van der Waals surface area (Å²) in [6, 6.07) is 12.4. The summed E-state index contributed by atoms with van der Waals surface area (Å²) < 4.78 is 0. The second kappa shape index (κ2) is 9.25. The summed E-state index contributed by atoms with van der Waals surface area (Å²) in [5, 5.41) is 12.0. The molecule has 6 heteroatoms. The van der Waals surface area contributed by atoms with E-state index in [9.17, 15) is 4.79 Å². The monoisotopic (exact) mass is 393 g/mol. The number of anilines is 2. The van der Waals surface area contributed by atoms with E-state index in [4.69, 9.17) is 0 Å². The van der Waals surface area contributed by atoms with Gasteiger partial charge in [-0.15, -0.1) is 10.2 Å². The molecule has 154 valence electrons. The molecule has 0 bridgehead atoms. The molecule has 1 N–H and O–H groups in total. The Morgan fingerprint density at radius 1 is 0.931 bits per heavy atom. The summed E-state index contributed by atoms with van der Waals surface area (Å²) >= 11 is 0. The highest BCUT2D eigenvalue weighted by Crippen LogP contribution is 2.24. The van der Waals surface area contributed by atoms with Crippen LogP contribution in [-0.2, 0) is 11.3 Å². The summed E-state index contributed by atoms with van der Waals surface area (Å²) in [4.78, 5) is 17.2. The van der Waals surface area contributed by atoms with Crippen LogP contribution in [0.4, 0.5) is 11.6 Å². The number of hydrogen-bond acceptors (Lipinski definition) is 5. The van der Waals surface area contributed by atoms with Crippen LogP contribution in [0, 0.1) is 12.8 Å². The number of piperidine rings is 2. The Kier molecular flexibility index (Phi) is 6.27. The fourth-order valence-corrected chi connectivity index (χ4v) is 4.28. The number of nitrogens with zero attached hydrogens (tertiary/aromatic N) is 4. The Labute approximate surface area is 173 Å². The first-order valence-electron chi connectivity index (χ1n) is 10.9. The molecule has 2 fully saturated rings. The smallest absolute Gasteiger partial charge is 0.223 e. The lowest BCUT2D eigenvalue weighted by molar-refractivity contribution is -0.125. The largest absolute Gasteiger partial charge is 0.355 e. The number of aryl methyl sites for hydroxylation is 1. The van der Waals surface area contributed by atoms with E-state index in [-0.39, 0.29) is 11.8 Å². The minimum absolute atomic E-state index is 0.0795. The van der Waals surface area contributed by atoms with Gasteiger partial charge in [0.15, 0.2) is 11.6 Å². The number of aromatic nitrogens is 2. The molecule has 1 aromatic carbocycles. The van der Waals surface area contributed by atoms with E-state index in [1.54, 1.807) is 0 Å². The molecule has 1 amide bonds. The van der Waals surface area contributed by atoms with Crippen LogP contribution in [0.15, 0.2) is 36.4 Å². The van der Waals surface area contributed by atoms with Gasteiger partial charge in [-0.1, -0.05) is 24.3 Å². The van der Waals surface area contributed by atoms with Crippen LogP contribution < -0.4 is 15.1 Å². The van der Waals surface area contributed by atoms with E-state index < -0.39 is 0 Å². The zero-order valence-electron chi connectivity index (χ0n) is 17.3. The van der Waals surface area contributed by atoms with Gasteiger partial charge in [0.05, 0.1) is 0 Å². The summed E-state index contributed by atoms with van der Waals surface area (Å²) in [5.74, 6) is 2.15. The lowest BCUT2D eigenvalue weighted by Crippen LogP contribution is -2.40. The van der Waals surface area contributed by atoms with E-state index in [1.807, 2.05) is 12.1 Å². The van der Waals surface area contributed by atoms with E-state index in [0.29, 0.717) is 6.54 Å². The molecule has 2 aliphatic rings. The number of hydrogen-bond donors (Lipinski definition) is 1. The van der Waals surface area contributed by atoms with Gasteiger partial charge in [0.25, 0.3) is 0 Å². The molecule has 1 aromatic heterocycles. The van der Waals surface area contributed by atoms with Gasteiger partial charge < -0.3 is 15.1 Å². The molecule has 2 saturated heterocycles. The predicted molar refractivity (Wildman–Crippen MR) is 116 cm³/mol. The molecular weight excluding hydrogens is 362 g/mol. The van der Waals surface area contributed by atoms with E-state index in [2.05, 4.69) is 56.5 Å². The number of benzene rings is 1. The Morgan fingerprint density at radius 2 is 1.55 bits per heavy atom. The molecule has 6 nitrogen and oxygen atoms in total. The Balaban J connectivity index is 1.26. The second-order valence-corrected chi connectivity index (χ2v) is 8.20. The van der Waals surface area contributed by atoms with Crippen LogP contribution in [0.3, 0.4) is 0 Å². The van der Waals surface area contributed by atoms with Crippen LogP contribution in [-0.4, -0.2) is 42.3 Å². The van der Waals surface area contributed by atoms with Crippen molar-refractivity contribution >= 4 is 17.5 Å². The van der Waals surface area contributed by atoms with Crippen LogP contribution in [0.25, 0.3) is 0 Å². The predicted octanol–water partition coefficient (Wildman–Crippen LogP) is 3.31. The van der Waals surface area contributed by atoms with Gasteiger partial charge >= 0.3 is 0 Å². The lowest BCUT2D eigenvalue weighted by atomic mass is 9.95. The molecule has 0 aliphatic carbocycles. The van der Waals surface area contributed by atoms with Crippen molar-refractivity contribution in [3.8, 4) is 0 Å². The van der Waals surface area contributed by atoms with Crippen molar-refractivity contribution in [2.75, 3.05) is 36.0 Å². The van der Waals surface area contributed by atoms with Crippen molar-refractivity contribution in [1.82, 2.24) is 15.5 Å². The zero-order valence-corrected chi connectivity index (χ0v) is 17.3. The van der Waals surface area contributed by atoms with Crippen molar-refractivity contribution in [3.63, 3.8) is 0 Å². The number of carbonyl (C=O) groups excluding carboxylic acids is 1. The minimum atomic E-state index is 0.0795. The molecule has 29 heavy (non-hydrogen) atoms. The Hall–Kier alpha value is -2.63. The molecule has 3 heterocycles. The summed E-state index contributed by atoms with van der Waals surface area (Å²) in [6.45, 7) is 6.54. The first-order valence-corrected chi connectivity index (χ1v) is 10.9. The molecular formula is C23H31N5O. The minimum Gasteiger partial charge on any atom is -0.355 e. The molecule has 2 aromatic rings. The van der Waals surface area contributed by atoms with E-state index in [0.717, 1.165) is 50.7 Å². The Bertz CT molecular complexity index is 808. The molecule has 0 radical (unpaired) electrons. The van der Waals surface area contributed by atoms with Crippen molar-refractivity contribution in [2.45, 2.75) is 45.6 Å². The van der Waals surface area contributed by atoms with Gasteiger partial charge in [-0.2, -0.15) is 0 Å². The number of nitrogens with one attached hydrogen (secondary N) is 1. The molecule has 0 atom stereocenters. The second-order valence-electron chi connectivity index (χ2n) is 8.20. The molecule has 0 unspecified atom stereocenters. The van der Waals surface area contributed by atoms with Crippen LogP contribution in [0.5, 0.6) is 0 Å². The third kappa shape index (κ3) is 4.86. The normalized spacial score (nSPS) is 18.0. The highest BCUT2D eigenvalue weighted by atomic mass is 16.1. The first-order chi connectivity index (χ1) is 14.2. The SMILES string of the molecule is Cc1ccccc1CNC(=O)C1CCN(c2ccc(N3CCCCC3)nn2)CC1. The third-order valence-corrected chi connectivity index (χ3v) is 6.22. The van der Waals surface area contributed by atoms with Crippen LogP contribution in [0.2, 0.25) is 0 Å². The van der Waals surface area contributed by atoms with Crippen molar-refractivity contribution in [2.24, 2.45) is 5.92 Å². The van der Waals surface area contributed by atoms with Gasteiger partial charge in [-0.05, 0) is 62.3 Å². The maximum absolute atomic E-state index is 12.6. The van der Waals surface area contributed by atoms with Crippen molar-refractivity contribution in [1.29, 1.82) is 0 Å². The summed E-state index contributed by atoms with van der Waals surface area (Å²) in [7, 11) is 0. The van der Waals surface area contributed by atoms with Crippen LogP contribution >= 0.6 is 0 Å². The highest BCUT2D eigenvalue weighted by molar-refractivity contribution is 5.79. The standard InChI is InChI=1S/C23H31N5O/c1-18-7-3-4-8-20(18)17-24-23(29)19-11-15-28(16-12-19)22-10-9-21(25-26-22)27-13-5-2-6-14-27/h3-4,7-10,19H,2,5-6,11-17H2,1H3,(H,24,29). The zero-order chi connectivity index (χ0) is 20.1. The lowest BCUT2D eigenvalue weighted by Gasteiger charge is -2.32. The number of carbonyl (C=O) groups is 1. The average Bonchev–Trinajstić information content (AvgIpc) is 2.79. The molecule has 2 aliphatic heterocycles. The molecule has 0 saturated carbocycles. The summed E-state index contributed by atoms with van der Waals surface area (Å²) in [6.07, 6.45) is 5.51. The van der Waals surface area contributed by atoms with Crippen molar-refractivity contribution in [3.05, 3.63) is 47.5 Å². The van der Waals surface area contributed by atoms with Crippen molar-refractivity contribution < 1.29 is 4.79 Å². The first kappa shape index (κ1) is 19.7. The van der Waals surface area contributed by atoms with Crippen LogP contribution in [0.1, 0.15) is 43.2 Å². The molecule has 0 spiro atoms. The average molecular weight is 394 g/mol. The fraction of sp³-hybridized carbons (Fsp3) is 0.522. The maximum atomic E-state index is 12.6. The number of amides is 1. The molecule has 4 rings (SSSR count). The van der Waals surface area contributed by atoms with Gasteiger partial charge in [0.1, 0.15) is 0 Å². The van der Waals surface area contributed by atoms with Gasteiger partial charge in [0, 0.05) is 38.6 Å². The Morgan fingerprint density at radius 3 is 2.17 bits per heavy atom. The van der Waals surface area contributed by atoms with Gasteiger partial charge in [0.2, 0.25) is 5.91 Å². The van der Waals surface area contributed by atoms with E-state index >= 15 is 0 Å². The van der Waals surface area contributed by atoms with Gasteiger partial charge in [-0.25, -0.2) is 0 Å². The summed E-state index contributed by atoms with van der Waals surface area (Å²) in [5.41, 5.74) is 2.40. The highest BCUT2D eigenvalue weighted by Gasteiger charge is 2.26. The quantitative estimate of drug-likeness (QED) is 0.844.